The second-order valence-corrected chi connectivity index (χ2v) is 20.8. The van der Waals surface area contributed by atoms with E-state index in [2.05, 4.69) is 31.2 Å². The van der Waals surface area contributed by atoms with Crippen molar-refractivity contribution in [3.63, 3.8) is 0 Å². The summed E-state index contributed by atoms with van der Waals surface area (Å²) in [6, 6.07) is 3.89. The van der Waals surface area contributed by atoms with Crippen LogP contribution in [0, 0.1) is 0 Å². The molecule has 0 aliphatic carbocycles. The molecule has 5 heteroatoms. The van der Waals surface area contributed by atoms with E-state index in [-0.39, 0.29) is 0 Å². The van der Waals surface area contributed by atoms with Crippen molar-refractivity contribution in [3.05, 3.63) is 18.3 Å². The second kappa shape index (κ2) is 5.46. The first kappa shape index (κ1) is 15.3. The average molecular weight is 357 g/mol. The van der Waals surface area contributed by atoms with Gasteiger partial charge in [-0.05, 0) is 0 Å². The molecule has 1 aromatic rings. The van der Waals surface area contributed by atoms with Crippen molar-refractivity contribution in [2.75, 3.05) is 5.32 Å². The first-order valence-corrected chi connectivity index (χ1v) is 16.0. The molecule has 0 spiro atoms. The number of pyridine rings is 1. The molecule has 0 unspecified atom stereocenters. The number of hydrogen-bond donors (Lipinski definition) is 1. The molecule has 0 bridgehead atoms. The zero-order valence-corrected chi connectivity index (χ0v) is 14.8. The van der Waals surface area contributed by atoms with Crippen LogP contribution in [0.3, 0.4) is 0 Å². The molecule has 0 saturated heterocycles. The van der Waals surface area contributed by atoms with Crippen molar-refractivity contribution < 1.29 is 9.53 Å². The molecule has 1 aromatic heterocycles. The fourth-order valence-electron chi connectivity index (χ4n) is 1.32. The fraction of sp³-hybridized carbons (Fsp3) is 0.538. The molecule has 0 fully saturated rings. The van der Waals surface area contributed by atoms with Crippen LogP contribution in [-0.4, -0.2) is 35.1 Å². The number of ether oxygens (including phenoxy) is 1. The van der Waals surface area contributed by atoms with E-state index in [1.54, 1.807) is 0 Å². The van der Waals surface area contributed by atoms with E-state index in [1.165, 1.54) is 3.58 Å². The van der Waals surface area contributed by atoms with Gasteiger partial charge in [-0.3, -0.25) is 0 Å². The van der Waals surface area contributed by atoms with Gasteiger partial charge in [-0.25, -0.2) is 0 Å². The molecule has 100 valence electrons. The van der Waals surface area contributed by atoms with E-state index >= 15 is 0 Å². The van der Waals surface area contributed by atoms with Crippen LogP contribution in [0.25, 0.3) is 0 Å². The van der Waals surface area contributed by atoms with E-state index < -0.39 is 30.1 Å². The van der Waals surface area contributed by atoms with Crippen molar-refractivity contribution >= 4 is 33.9 Å². The van der Waals surface area contributed by atoms with Gasteiger partial charge in [-0.1, -0.05) is 0 Å². The predicted molar refractivity (Wildman–Crippen MR) is 77.1 cm³/mol. The molecule has 1 N–H and O–H groups in total. The van der Waals surface area contributed by atoms with Gasteiger partial charge in [-0.15, -0.1) is 0 Å². The third-order valence-corrected chi connectivity index (χ3v) is 8.05. The first-order chi connectivity index (χ1) is 8.08. The zero-order chi connectivity index (χ0) is 14.0. The molecule has 0 saturated carbocycles. The van der Waals surface area contributed by atoms with Gasteiger partial charge in [0.05, 0.1) is 0 Å². The van der Waals surface area contributed by atoms with Gasteiger partial charge >= 0.3 is 113 Å². The Morgan fingerprint density at radius 2 is 1.89 bits per heavy atom. The van der Waals surface area contributed by atoms with Gasteiger partial charge in [0.25, 0.3) is 0 Å². The van der Waals surface area contributed by atoms with Crippen molar-refractivity contribution in [2.45, 2.75) is 41.2 Å². The number of amides is 1. The molecule has 0 aliphatic rings. The number of anilines is 1. The van der Waals surface area contributed by atoms with E-state index in [0.29, 0.717) is 5.82 Å². The Hall–Kier alpha value is -0.781. The fourth-order valence-corrected chi connectivity index (χ4v) is 4.27. The Labute approximate surface area is 113 Å². The van der Waals surface area contributed by atoms with Gasteiger partial charge in [-0.2, -0.15) is 0 Å². The normalized spacial score (nSPS) is 12.1. The van der Waals surface area contributed by atoms with Crippen molar-refractivity contribution in [1.82, 2.24) is 4.98 Å². The third-order valence-electron chi connectivity index (χ3n) is 2.26. The summed E-state index contributed by atoms with van der Waals surface area (Å²) in [4.78, 5) is 22.8. The molecule has 0 atom stereocenters. The monoisotopic (exact) mass is 358 g/mol. The molecule has 18 heavy (non-hydrogen) atoms. The van der Waals surface area contributed by atoms with Crippen LogP contribution >= 0.6 is 0 Å². The molecule has 1 heterocycles. The van der Waals surface area contributed by atoms with E-state index in [0.717, 1.165) is 0 Å². The van der Waals surface area contributed by atoms with E-state index in [4.69, 9.17) is 4.74 Å². The van der Waals surface area contributed by atoms with Crippen LogP contribution < -0.4 is 8.90 Å². The molecule has 1 amide bonds. The predicted octanol–water partition coefficient (Wildman–Crippen LogP) is 2.97. The maximum absolute atomic E-state index is 11.5. The standard InChI is InChI=1S/C10H13N2O2.3CH3.Sn/c1-10(2,3)14-9(13)12-8-6-4-5-7-11-8;;;;/h4,6-7H,1-3H3,(H,11,12,13);3*1H3;. The molecule has 0 aliphatic heterocycles. The topological polar surface area (TPSA) is 51.2 Å². The first-order valence-electron chi connectivity index (χ1n) is 6.04. The molecule has 4 nitrogen and oxygen atoms in total. The number of carbonyl (C=O) groups is 1. The van der Waals surface area contributed by atoms with E-state index in [1.807, 2.05) is 33.0 Å². The van der Waals surface area contributed by atoms with E-state index in [9.17, 15) is 4.79 Å². The van der Waals surface area contributed by atoms with Gasteiger partial charge in [0.1, 0.15) is 0 Å². The molecular weight excluding hydrogens is 335 g/mol. The summed E-state index contributed by atoms with van der Waals surface area (Å²) in [5, 5.41) is 2.63. The van der Waals surface area contributed by atoms with Crippen LogP contribution in [0.5, 0.6) is 0 Å². The van der Waals surface area contributed by atoms with Crippen LogP contribution in [0.15, 0.2) is 18.3 Å². The molecule has 0 aromatic carbocycles. The van der Waals surface area contributed by atoms with Crippen LogP contribution in [0.2, 0.25) is 14.8 Å². The zero-order valence-electron chi connectivity index (χ0n) is 12.0. The number of carbonyl (C=O) groups excluding carboxylic acids is 1. The summed E-state index contributed by atoms with van der Waals surface area (Å²) in [5.41, 5.74) is -0.494. The van der Waals surface area contributed by atoms with Gasteiger partial charge in [0.2, 0.25) is 0 Å². The molecular formula is C13H22N2O2Sn. The Morgan fingerprint density at radius 1 is 1.28 bits per heavy atom. The molecule has 0 radical (unpaired) electrons. The number of nitrogens with zero attached hydrogens (tertiary/aromatic N) is 1. The summed E-state index contributed by atoms with van der Waals surface area (Å²) in [6.45, 7) is 5.49. The van der Waals surface area contributed by atoms with Crippen molar-refractivity contribution in [2.24, 2.45) is 0 Å². The summed E-state index contributed by atoms with van der Waals surface area (Å²) < 4.78 is 6.49. The Bertz CT molecular complexity index is 416. The second-order valence-electron chi connectivity index (χ2n) is 6.31. The SMILES string of the molecule is CC(C)(C)OC(=O)Nc1cc[c]([Sn]([CH3])([CH3])[CH3])cn1. The third kappa shape index (κ3) is 5.25. The Balaban J connectivity index is 2.67. The van der Waals surface area contributed by atoms with Crippen molar-refractivity contribution in [1.29, 1.82) is 0 Å². The minimum atomic E-state index is -2.05. The summed E-state index contributed by atoms with van der Waals surface area (Å²) in [7, 11) is 0. The van der Waals surface area contributed by atoms with Gasteiger partial charge in [0, 0.05) is 0 Å². The van der Waals surface area contributed by atoms with Crippen molar-refractivity contribution in [3.8, 4) is 0 Å². The Morgan fingerprint density at radius 3 is 2.28 bits per heavy atom. The van der Waals surface area contributed by atoms with Gasteiger partial charge in [0.15, 0.2) is 0 Å². The number of aromatic nitrogens is 1. The maximum atomic E-state index is 11.5. The van der Waals surface area contributed by atoms with Crippen LogP contribution in [-0.2, 0) is 4.74 Å². The average Bonchev–Trinajstić information content (AvgIpc) is 2.13. The minimum absolute atomic E-state index is 0.470. The summed E-state index contributed by atoms with van der Waals surface area (Å²) in [5.74, 6) is 0.531. The number of hydrogen-bond acceptors (Lipinski definition) is 3. The Kier molecular flexibility index (Phi) is 4.64. The quantitative estimate of drug-likeness (QED) is 0.829. The number of nitrogens with one attached hydrogen (secondary N) is 1. The van der Waals surface area contributed by atoms with Gasteiger partial charge < -0.3 is 0 Å². The number of rotatable bonds is 2. The van der Waals surface area contributed by atoms with Crippen LogP contribution in [0.1, 0.15) is 20.8 Å². The summed E-state index contributed by atoms with van der Waals surface area (Å²) in [6.07, 6.45) is 1.39. The summed E-state index contributed by atoms with van der Waals surface area (Å²) >= 11 is -2.05. The molecule has 1 rings (SSSR count). The van der Waals surface area contributed by atoms with Crippen LogP contribution in [0.4, 0.5) is 10.6 Å².